The molecule has 0 saturated heterocycles. The van der Waals surface area contributed by atoms with E-state index in [0.717, 1.165) is 0 Å². The van der Waals surface area contributed by atoms with Crippen LogP contribution in [0.15, 0.2) is 40.9 Å². The van der Waals surface area contributed by atoms with E-state index in [0.29, 0.717) is 34.3 Å². The highest BCUT2D eigenvalue weighted by Gasteiger charge is 2.15. The summed E-state index contributed by atoms with van der Waals surface area (Å²) < 4.78 is 12.8. The molecule has 10 heteroatoms. The molecule has 0 unspecified atom stereocenters. The number of aryl methyl sites for hydroxylation is 2. The predicted molar refractivity (Wildman–Crippen MR) is 105 cm³/mol. The highest BCUT2D eigenvalue weighted by Crippen LogP contribution is 2.24. The van der Waals surface area contributed by atoms with E-state index in [1.54, 1.807) is 29.8 Å². The summed E-state index contributed by atoms with van der Waals surface area (Å²) in [4.78, 5) is 22.7. The van der Waals surface area contributed by atoms with Crippen molar-refractivity contribution in [1.82, 2.24) is 15.1 Å². The van der Waals surface area contributed by atoms with E-state index in [2.05, 4.69) is 10.4 Å². The molecule has 0 spiro atoms. The van der Waals surface area contributed by atoms with Crippen LogP contribution in [-0.2, 0) is 19.7 Å². The minimum Gasteiger partial charge on any atom is -0.486 e. The van der Waals surface area contributed by atoms with Crippen LogP contribution in [0.25, 0.3) is 0 Å². The number of aromatic nitrogens is 2. The van der Waals surface area contributed by atoms with Crippen molar-refractivity contribution in [3.8, 4) is 5.75 Å². The average Bonchev–Trinajstić information content (AvgIpc) is 3.30. The van der Waals surface area contributed by atoms with E-state index in [-0.39, 0.29) is 30.5 Å². The zero-order chi connectivity index (χ0) is 21.0. The van der Waals surface area contributed by atoms with Crippen molar-refractivity contribution in [3.05, 3.63) is 74.4 Å². The monoisotopic (exact) mass is 418 g/mol. The quantitative estimate of drug-likeness (QED) is 0.439. The van der Waals surface area contributed by atoms with E-state index in [1.807, 2.05) is 6.92 Å². The number of ether oxygens (including phenoxy) is 1. The van der Waals surface area contributed by atoms with Gasteiger partial charge in [-0.25, -0.2) is 0 Å². The Balaban J connectivity index is 1.57. The normalized spacial score (nSPS) is 10.7. The Bertz CT molecular complexity index is 1040. The first kappa shape index (κ1) is 20.4. The topological polar surface area (TPSA) is 112 Å². The molecule has 0 atom stereocenters. The van der Waals surface area contributed by atoms with Gasteiger partial charge < -0.3 is 14.5 Å². The Morgan fingerprint density at radius 1 is 1.38 bits per heavy atom. The van der Waals surface area contributed by atoms with Gasteiger partial charge in [0.1, 0.15) is 18.1 Å². The summed E-state index contributed by atoms with van der Waals surface area (Å²) in [6.45, 7) is 4.51. The predicted octanol–water partition coefficient (Wildman–Crippen LogP) is 3.88. The van der Waals surface area contributed by atoms with Gasteiger partial charge >= 0.3 is 0 Å². The highest BCUT2D eigenvalue weighted by molar-refractivity contribution is 6.31. The lowest BCUT2D eigenvalue weighted by Crippen LogP contribution is -2.24. The zero-order valence-corrected chi connectivity index (χ0v) is 16.6. The number of nitrogens with zero attached hydrogens (tertiary/aromatic N) is 3. The molecular weight excluding hydrogens is 400 g/mol. The fraction of sp³-hybridized carbons (Fsp3) is 0.263. The molecule has 1 aromatic carbocycles. The van der Waals surface area contributed by atoms with Crippen molar-refractivity contribution < 1.29 is 18.9 Å². The Morgan fingerprint density at radius 2 is 2.17 bits per heavy atom. The molecular formula is C19H19ClN4O5. The van der Waals surface area contributed by atoms with Crippen LogP contribution in [0.3, 0.4) is 0 Å². The van der Waals surface area contributed by atoms with Crippen LogP contribution in [0.2, 0.25) is 5.02 Å². The number of hydrogen-bond acceptors (Lipinski definition) is 6. The van der Waals surface area contributed by atoms with Crippen molar-refractivity contribution in [2.45, 2.75) is 33.5 Å². The number of carbonyl (C=O) groups is 1. The highest BCUT2D eigenvalue weighted by atomic mass is 35.5. The lowest BCUT2D eigenvalue weighted by atomic mass is 10.2. The number of rotatable bonds is 8. The molecule has 2 aromatic heterocycles. The van der Waals surface area contributed by atoms with Gasteiger partial charge in [0.2, 0.25) is 0 Å². The lowest BCUT2D eigenvalue weighted by Gasteiger charge is -2.07. The molecule has 1 N–H and O–H groups in total. The van der Waals surface area contributed by atoms with Crippen LogP contribution in [0.5, 0.6) is 5.75 Å². The summed E-state index contributed by atoms with van der Waals surface area (Å²) in [5.74, 6) is 0.672. The van der Waals surface area contributed by atoms with Crippen LogP contribution < -0.4 is 10.1 Å². The summed E-state index contributed by atoms with van der Waals surface area (Å²) in [5.41, 5.74) is 1.24. The maximum atomic E-state index is 12.3. The minimum absolute atomic E-state index is 0.0267. The van der Waals surface area contributed by atoms with E-state index in [9.17, 15) is 14.9 Å². The first-order valence-electron chi connectivity index (χ1n) is 8.84. The number of nitro groups is 1. The van der Waals surface area contributed by atoms with Gasteiger partial charge in [-0.05, 0) is 38.1 Å². The third kappa shape index (κ3) is 4.75. The van der Waals surface area contributed by atoms with Gasteiger partial charge in [0.05, 0.1) is 28.4 Å². The minimum atomic E-state index is -0.447. The number of halogens is 1. The number of amides is 1. The summed E-state index contributed by atoms with van der Waals surface area (Å²) in [6, 6.07) is 7.67. The molecule has 0 aliphatic heterocycles. The zero-order valence-electron chi connectivity index (χ0n) is 15.8. The fourth-order valence-electron chi connectivity index (χ4n) is 2.74. The summed E-state index contributed by atoms with van der Waals surface area (Å²) >= 11 is 6.08. The Kier molecular flexibility index (Phi) is 6.18. The van der Waals surface area contributed by atoms with E-state index in [1.165, 1.54) is 18.3 Å². The summed E-state index contributed by atoms with van der Waals surface area (Å²) in [7, 11) is 0. The standard InChI is InChI=1S/C19H19ClN4O5/c1-3-23-17(15(20)9-22-23)10-21-19(25)18-7-5-14(29-18)11-28-13-4-6-16(24(26)27)12(2)8-13/h4-9H,3,10-11H2,1-2H3,(H,21,25). The van der Waals surface area contributed by atoms with Gasteiger partial charge in [-0.1, -0.05) is 11.6 Å². The van der Waals surface area contributed by atoms with Crippen molar-refractivity contribution in [1.29, 1.82) is 0 Å². The van der Waals surface area contributed by atoms with Crippen LogP contribution in [0, 0.1) is 17.0 Å². The van der Waals surface area contributed by atoms with E-state index < -0.39 is 4.92 Å². The maximum absolute atomic E-state index is 12.3. The van der Waals surface area contributed by atoms with E-state index in [4.69, 9.17) is 20.8 Å². The van der Waals surface area contributed by atoms with Crippen LogP contribution in [-0.4, -0.2) is 20.6 Å². The molecule has 0 aliphatic rings. The third-order valence-corrected chi connectivity index (χ3v) is 4.56. The van der Waals surface area contributed by atoms with Crippen molar-refractivity contribution in [2.24, 2.45) is 0 Å². The smallest absolute Gasteiger partial charge is 0.287 e. The van der Waals surface area contributed by atoms with Crippen molar-refractivity contribution >= 4 is 23.2 Å². The number of hydrogen-bond donors (Lipinski definition) is 1. The van der Waals surface area contributed by atoms with Crippen LogP contribution >= 0.6 is 11.6 Å². The Labute approximate surface area is 171 Å². The number of nitro benzene ring substituents is 1. The molecule has 3 rings (SSSR count). The Morgan fingerprint density at radius 3 is 2.86 bits per heavy atom. The number of nitrogens with one attached hydrogen (secondary N) is 1. The molecule has 0 saturated carbocycles. The van der Waals surface area contributed by atoms with E-state index >= 15 is 0 Å². The van der Waals surface area contributed by atoms with Gasteiger partial charge in [-0.15, -0.1) is 0 Å². The molecule has 3 aromatic rings. The van der Waals surface area contributed by atoms with Crippen LogP contribution in [0.1, 0.15) is 34.5 Å². The van der Waals surface area contributed by atoms with Crippen molar-refractivity contribution in [2.75, 3.05) is 0 Å². The van der Waals surface area contributed by atoms with Gasteiger partial charge in [-0.3, -0.25) is 19.6 Å². The second-order valence-electron chi connectivity index (χ2n) is 6.20. The van der Waals surface area contributed by atoms with Crippen molar-refractivity contribution in [3.63, 3.8) is 0 Å². The third-order valence-electron chi connectivity index (χ3n) is 4.25. The first-order chi connectivity index (χ1) is 13.9. The number of furan rings is 1. The fourth-order valence-corrected chi connectivity index (χ4v) is 2.95. The molecule has 0 fully saturated rings. The average molecular weight is 419 g/mol. The summed E-state index contributed by atoms with van der Waals surface area (Å²) in [5, 5.41) is 18.2. The second-order valence-corrected chi connectivity index (χ2v) is 6.60. The molecule has 9 nitrogen and oxygen atoms in total. The molecule has 0 aliphatic carbocycles. The molecule has 29 heavy (non-hydrogen) atoms. The molecule has 1 amide bonds. The van der Waals surface area contributed by atoms with Crippen LogP contribution in [0.4, 0.5) is 5.69 Å². The summed E-state index contributed by atoms with van der Waals surface area (Å²) in [6.07, 6.45) is 1.54. The molecule has 0 radical (unpaired) electrons. The molecule has 0 bridgehead atoms. The number of carbonyl (C=O) groups excluding carboxylic acids is 1. The van der Waals surface area contributed by atoms with Gasteiger partial charge in [0.25, 0.3) is 11.6 Å². The number of benzene rings is 1. The lowest BCUT2D eigenvalue weighted by molar-refractivity contribution is -0.385. The SMILES string of the molecule is CCn1ncc(Cl)c1CNC(=O)c1ccc(COc2ccc([N+](=O)[O-])c(C)c2)o1. The van der Waals surface area contributed by atoms with Gasteiger partial charge in [0, 0.05) is 18.2 Å². The molecule has 152 valence electrons. The largest absolute Gasteiger partial charge is 0.486 e. The maximum Gasteiger partial charge on any atom is 0.287 e. The first-order valence-corrected chi connectivity index (χ1v) is 9.21. The molecule has 2 heterocycles. The second kappa shape index (κ2) is 8.78. The van der Waals surface area contributed by atoms with Gasteiger partial charge in [-0.2, -0.15) is 5.10 Å². The Hall–Kier alpha value is -3.33. The van der Waals surface area contributed by atoms with Gasteiger partial charge in [0.15, 0.2) is 5.76 Å².